The number of halogens is 4. The number of nitrogens with zero attached hydrogens (tertiary/aromatic N) is 3. The molecule has 3 heterocycles. The van der Waals surface area contributed by atoms with Crippen molar-refractivity contribution >= 4 is 46.7 Å². The quantitative estimate of drug-likeness (QED) is 0.376. The first kappa shape index (κ1) is 24.5. The highest BCUT2D eigenvalue weighted by molar-refractivity contribution is 6.42. The summed E-state index contributed by atoms with van der Waals surface area (Å²) in [6.45, 7) is 5.23. The lowest BCUT2D eigenvalue weighted by Crippen LogP contribution is -2.45. The summed E-state index contributed by atoms with van der Waals surface area (Å²) >= 11 is 11.8. The zero-order chi connectivity index (χ0) is 24.9. The lowest BCUT2D eigenvalue weighted by atomic mass is 9.93. The molecule has 1 saturated heterocycles. The first-order chi connectivity index (χ1) is 15.9. The molecule has 11 heteroatoms. The van der Waals surface area contributed by atoms with Gasteiger partial charge in [-0.1, -0.05) is 23.2 Å². The molecule has 1 aromatic carbocycles. The van der Waals surface area contributed by atoms with E-state index >= 15 is 0 Å². The third-order valence-electron chi connectivity index (χ3n) is 5.94. The molecule has 0 radical (unpaired) electrons. The van der Waals surface area contributed by atoms with Crippen LogP contribution in [0.3, 0.4) is 0 Å². The Morgan fingerprint density at radius 3 is 2.56 bits per heavy atom. The van der Waals surface area contributed by atoms with Gasteiger partial charge in [-0.05, 0) is 52.2 Å². The molecular formula is C23H24Cl2F2N4O3. The van der Waals surface area contributed by atoms with Gasteiger partial charge in [0.15, 0.2) is 0 Å². The monoisotopic (exact) mass is 512 g/mol. The Labute approximate surface area is 206 Å². The van der Waals surface area contributed by atoms with Gasteiger partial charge in [0.2, 0.25) is 5.95 Å². The number of pyridine rings is 1. The predicted molar refractivity (Wildman–Crippen MR) is 126 cm³/mol. The molecule has 0 unspecified atom stereocenters. The van der Waals surface area contributed by atoms with Crippen LogP contribution in [-0.2, 0) is 11.2 Å². The molecule has 1 aromatic heterocycles. The minimum atomic E-state index is -0.729. The van der Waals surface area contributed by atoms with Crippen molar-refractivity contribution in [3.63, 3.8) is 0 Å². The number of hydrogen-bond acceptors (Lipinski definition) is 4. The molecule has 1 N–H and O–H groups in total. The fourth-order valence-electron chi connectivity index (χ4n) is 4.50. The van der Waals surface area contributed by atoms with Crippen LogP contribution in [0.5, 0.6) is 0 Å². The third kappa shape index (κ3) is 4.51. The normalized spacial score (nSPS) is 19.0. The standard InChI is InChI=1S/C23H24Cl2F2N4O3/c1-23(2,3)34-22(33)30(4)18-10-28-20(27)12-7-11-5-6-17(19(12)18)31(11)21(32)29-16-9-14(25)13(24)8-15(16)26/h8-11,17H,5-7H2,1-4H3,(H,29,32)/t11-,17+/m0/s1. The number of amides is 3. The van der Waals surface area contributed by atoms with E-state index in [9.17, 15) is 18.4 Å². The third-order valence-corrected chi connectivity index (χ3v) is 6.66. The van der Waals surface area contributed by atoms with Gasteiger partial charge < -0.3 is 15.0 Å². The first-order valence-electron chi connectivity index (χ1n) is 10.7. The molecule has 2 aliphatic rings. The van der Waals surface area contributed by atoms with Crippen LogP contribution in [0.1, 0.15) is 50.8 Å². The molecule has 2 atom stereocenters. The van der Waals surface area contributed by atoms with E-state index in [2.05, 4.69) is 10.3 Å². The SMILES string of the molecule is CN(C(=O)OC(C)(C)C)c1cnc(F)c2c1[C@H]1CC[C@@H](C2)N1C(=O)Nc1cc(Cl)c(Cl)cc1F. The van der Waals surface area contributed by atoms with Gasteiger partial charge in [0.1, 0.15) is 11.4 Å². The van der Waals surface area contributed by atoms with Gasteiger partial charge >= 0.3 is 12.1 Å². The van der Waals surface area contributed by atoms with Crippen molar-refractivity contribution in [1.82, 2.24) is 9.88 Å². The number of urea groups is 1. The summed E-state index contributed by atoms with van der Waals surface area (Å²) in [5, 5.41) is 2.68. The summed E-state index contributed by atoms with van der Waals surface area (Å²) in [6, 6.07) is 0.869. The minimum Gasteiger partial charge on any atom is -0.443 e. The predicted octanol–water partition coefficient (Wildman–Crippen LogP) is 6.33. The Bertz CT molecular complexity index is 1170. The molecule has 0 aliphatic carbocycles. The number of ether oxygens (including phenoxy) is 1. The molecule has 1 fully saturated rings. The summed E-state index contributed by atoms with van der Waals surface area (Å²) in [4.78, 5) is 32.6. The molecule has 182 valence electrons. The highest BCUT2D eigenvalue weighted by Crippen LogP contribution is 2.48. The van der Waals surface area contributed by atoms with E-state index in [0.717, 1.165) is 6.07 Å². The van der Waals surface area contributed by atoms with E-state index in [0.29, 0.717) is 29.7 Å². The molecule has 7 nitrogen and oxygen atoms in total. The second-order valence-electron chi connectivity index (χ2n) is 9.40. The maximum absolute atomic E-state index is 14.7. The smallest absolute Gasteiger partial charge is 0.414 e. The number of carbonyl (C=O) groups is 2. The average Bonchev–Trinajstić information content (AvgIpc) is 3.05. The second-order valence-corrected chi connectivity index (χ2v) is 10.2. The lowest BCUT2D eigenvalue weighted by Gasteiger charge is -2.38. The molecular weight excluding hydrogens is 489 g/mol. The molecule has 0 spiro atoms. The minimum absolute atomic E-state index is 0.0296. The average molecular weight is 513 g/mol. The molecule has 2 aliphatic heterocycles. The summed E-state index contributed by atoms with van der Waals surface area (Å²) in [5.41, 5.74) is 0.378. The lowest BCUT2D eigenvalue weighted by molar-refractivity contribution is 0.0588. The fourth-order valence-corrected chi connectivity index (χ4v) is 4.81. The molecule has 3 amide bonds. The van der Waals surface area contributed by atoms with E-state index in [4.69, 9.17) is 27.9 Å². The zero-order valence-corrected chi connectivity index (χ0v) is 20.6. The van der Waals surface area contributed by atoms with Gasteiger partial charge in [-0.2, -0.15) is 4.39 Å². The highest BCUT2D eigenvalue weighted by Gasteiger charge is 2.46. The van der Waals surface area contributed by atoms with Crippen LogP contribution in [0.15, 0.2) is 18.3 Å². The second kappa shape index (κ2) is 8.85. The van der Waals surface area contributed by atoms with Gasteiger partial charge in [-0.3, -0.25) is 4.90 Å². The Balaban J connectivity index is 1.68. The Morgan fingerprint density at radius 2 is 1.88 bits per heavy atom. The van der Waals surface area contributed by atoms with Crippen LogP contribution in [-0.4, -0.2) is 40.7 Å². The molecule has 4 rings (SSSR count). The van der Waals surface area contributed by atoms with Crippen molar-refractivity contribution in [3.05, 3.63) is 51.3 Å². The largest absolute Gasteiger partial charge is 0.443 e. The number of benzene rings is 1. The zero-order valence-electron chi connectivity index (χ0n) is 19.1. The molecule has 0 saturated carbocycles. The maximum Gasteiger partial charge on any atom is 0.414 e. The van der Waals surface area contributed by atoms with E-state index in [1.807, 2.05) is 0 Å². The van der Waals surface area contributed by atoms with Gasteiger partial charge in [-0.25, -0.2) is 19.0 Å². The van der Waals surface area contributed by atoms with Crippen LogP contribution in [0, 0.1) is 11.8 Å². The van der Waals surface area contributed by atoms with Crippen LogP contribution >= 0.6 is 23.2 Å². The van der Waals surface area contributed by atoms with E-state index < -0.39 is 35.5 Å². The van der Waals surface area contributed by atoms with Crippen molar-refractivity contribution < 1.29 is 23.1 Å². The van der Waals surface area contributed by atoms with Crippen molar-refractivity contribution in [2.75, 3.05) is 17.3 Å². The number of carbonyl (C=O) groups excluding carboxylic acids is 2. The van der Waals surface area contributed by atoms with Crippen molar-refractivity contribution in [2.45, 2.75) is 57.7 Å². The van der Waals surface area contributed by atoms with Crippen LogP contribution < -0.4 is 10.2 Å². The van der Waals surface area contributed by atoms with Crippen LogP contribution in [0.2, 0.25) is 10.0 Å². The Kier molecular flexibility index (Phi) is 6.37. The van der Waals surface area contributed by atoms with E-state index in [1.165, 1.54) is 24.2 Å². The van der Waals surface area contributed by atoms with Gasteiger partial charge in [-0.15, -0.1) is 0 Å². The number of fused-ring (bicyclic) bond motifs is 4. The number of nitrogens with one attached hydrogen (secondary N) is 1. The summed E-state index contributed by atoms with van der Waals surface area (Å²) in [7, 11) is 1.51. The summed E-state index contributed by atoms with van der Waals surface area (Å²) in [5.74, 6) is -1.36. The number of aromatic nitrogens is 1. The topological polar surface area (TPSA) is 74.8 Å². The Hall–Kier alpha value is -2.65. The van der Waals surface area contributed by atoms with Crippen LogP contribution in [0.4, 0.5) is 29.7 Å². The van der Waals surface area contributed by atoms with Crippen molar-refractivity contribution in [1.29, 1.82) is 0 Å². The maximum atomic E-state index is 14.7. The fraction of sp³-hybridized carbons (Fsp3) is 0.435. The number of rotatable bonds is 2. The first-order valence-corrected chi connectivity index (χ1v) is 11.5. The number of hydrogen-bond donors (Lipinski definition) is 1. The molecule has 34 heavy (non-hydrogen) atoms. The van der Waals surface area contributed by atoms with E-state index in [-0.39, 0.29) is 28.2 Å². The Morgan fingerprint density at radius 1 is 1.21 bits per heavy atom. The van der Waals surface area contributed by atoms with Gasteiger partial charge in [0.25, 0.3) is 0 Å². The summed E-state index contributed by atoms with van der Waals surface area (Å²) in [6.07, 6.45) is 2.03. The summed E-state index contributed by atoms with van der Waals surface area (Å²) < 4.78 is 34.5. The van der Waals surface area contributed by atoms with Gasteiger partial charge in [0.05, 0.1) is 33.7 Å². The molecule has 2 aromatic rings. The van der Waals surface area contributed by atoms with Crippen molar-refractivity contribution in [2.24, 2.45) is 0 Å². The highest BCUT2D eigenvalue weighted by atomic mass is 35.5. The number of anilines is 2. The van der Waals surface area contributed by atoms with Crippen LogP contribution in [0.25, 0.3) is 0 Å². The van der Waals surface area contributed by atoms with E-state index in [1.54, 1.807) is 25.7 Å². The molecule has 2 bridgehead atoms. The van der Waals surface area contributed by atoms with Gasteiger partial charge in [0, 0.05) is 24.2 Å². The van der Waals surface area contributed by atoms with Crippen molar-refractivity contribution in [3.8, 4) is 0 Å².